The molecule has 250 valence electrons. The molecule has 0 aliphatic carbocycles. The van der Waals surface area contributed by atoms with E-state index in [1.165, 1.54) is 32.1 Å². The van der Waals surface area contributed by atoms with Gasteiger partial charge in [-0.15, -0.1) is 0 Å². The van der Waals surface area contributed by atoms with Crippen LogP contribution in [-0.2, 0) is 4.79 Å². The van der Waals surface area contributed by atoms with Crippen LogP contribution in [0.15, 0.2) is 85.1 Å². The van der Waals surface area contributed by atoms with Crippen molar-refractivity contribution in [2.45, 2.75) is 154 Å². The summed E-state index contributed by atoms with van der Waals surface area (Å²) >= 11 is 0. The lowest BCUT2D eigenvalue weighted by molar-refractivity contribution is -0.123. The smallest absolute Gasteiger partial charge is 0.220 e. The molecule has 0 fully saturated rings. The predicted octanol–water partition coefficient (Wildman–Crippen LogP) is 10.6. The second-order valence-electron chi connectivity index (χ2n) is 11.6. The van der Waals surface area contributed by atoms with Crippen LogP contribution in [0.2, 0.25) is 0 Å². The number of hydrogen-bond donors (Lipinski definition) is 3. The van der Waals surface area contributed by atoms with Crippen LogP contribution in [0.3, 0.4) is 0 Å². The molecule has 4 nitrogen and oxygen atoms in total. The Balaban J connectivity index is 3.72. The molecule has 0 aliphatic rings. The molecule has 0 aromatic heterocycles. The number of rotatable bonds is 30. The number of hydrogen-bond acceptors (Lipinski definition) is 3. The van der Waals surface area contributed by atoms with Gasteiger partial charge in [0.25, 0.3) is 0 Å². The topological polar surface area (TPSA) is 69.6 Å². The lowest BCUT2D eigenvalue weighted by atomic mass is 10.0. The van der Waals surface area contributed by atoms with Crippen LogP contribution in [0.4, 0.5) is 0 Å². The van der Waals surface area contributed by atoms with Gasteiger partial charge in [0.15, 0.2) is 0 Å². The second-order valence-corrected chi connectivity index (χ2v) is 11.6. The maximum Gasteiger partial charge on any atom is 0.220 e. The van der Waals surface area contributed by atoms with Crippen LogP contribution >= 0.6 is 0 Å². The Morgan fingerprint density at radius 2 is 1.00 bits per heavy atom. The minimum absolute atomic E-state index is 0.0733. The van der Waals surface area contributed by atoms with Gasteiger partial charge in [0.2, 0.25) is 5.91 Å². The summed E-state index contributed by atoms with van der Waals surface area (Å²) in [6.45, 7) is 4.16. The van der Waals surface area contributed by atoms with Gasteiger partial charge in [-0.1, -0.05) is 150 Å². The molecule has 0 bridgehead atoms. The van der Waals surface area contributed by atoms with E-state index in [0.717, 1.165) is 83.5 Å². The highest BCUT2D eigenvalue weighted by Gasteiger charge is 2.19. The third kappa shape index (κ3) is 31.0. The summed E-state index contributed by atoms with van der Waals surface area (Å²) in [5, 5.41) is 22.8. The quantitative estimate of drug-likeness (QED) is 0.0560. The maximum atomic E-state index is 12.3. The Kier molecular flexibility index (Phi) is 33.1. The molecule has 0 aromatic carbocycles. The van der Waals surface area contributed by atoms with Crippen molar-refractivity contribution in [3.63, 3.8) is 0 Å². The Morgan fingerprint density at radius 3 is 1.48 bits per heavy atom. The van der Waals surface area contributed by atoms with Crippen molar-refractivity contribution in [1.82, 2.24) is 5.32 Å². The third-order valence-electron chi connectivity index (χ3n) is 7.42. The van der Waals surface area contributed by atoms with E-state index in [0.29, 0.717) is 12.8 Å². The van der Waals surface area contributed by atoms with Gasteiger partial charge in [0.05, 0.1) is 18.8 Å². The maximum absolute atomic E-state index is 12.3. The summed E-state index contributed by atoms with van der Waals surface area (Å²) in [6.07, 6.45) is 50.7. The van der Waals surface area contributed by atoms with Gasteiger partial charge in [0.1, 0.15) is 0 Å². The zero-order chi connectivity index (χ0) is 32.2. The fourth-order valence-electron chi connectivity index (χ4n) is 4.69. The normalized spacial score (nSPS) is 14.2. The molecule has 2 unspecified atom stereocenters. The van der Waals surface area contributed by atoms with E-state index >= 15 is 0 Å². The standard InChI is InChI=1S/C40H67NO3/c1-3-5-7-9-11-12-13-14-15-16-17-18-19-20-21-22-23-24-25-26-27-28-30-32-34-36-40(44)41-38(37-42)39(43)35-33-31-29-10-8-6-4-2/h5,7,11-12,14-15,17-18,20-21,23-24,26-27,38-39,42-43H,3-4,6,8-10,13,16,19,22,25,28-37H2,1-2H3,(H,41,44)/b7-5-,12-11-,15-14-,18-17-,21-20-,24-23-,27-26-. The molecule has 0 aromatic rings. The zero-order valence-electron chi connectivity index (χ0n) is 28.4. The van der Waals surface area contributed by atoms with E-state index in [1.54, 1.807) is 0 Å². The number of aliphatic hydroxyl groups is 2. The summed E-state index contributed by atoms with van der Waals surface area (Å²) in [4.78, 5) is 12.3. The zero-order valence-corrected chi connectivity index (χ0v) is 28.4. The van der Waals surface area contributed by atoms with Crippen molar-refractivity contribution in [2.24, 2.45) is 0 Å². The number of aliphatic hydroxyl groups excluding tert-OH is 2. The summed E-state index contributed by atoms with van der Waals surface area (Å²) < 4.78 is 0. The third-order valence-corrected chi connectivity index (χ3v) is 7.42. The number of amides is 1. The van der Waals surface area contributed by atoms with Gasteiger partial charge < -0.3 is 15.5 Å². The molecule has 0 aliphatic heterocycles. The number of unbranched alkanes of at least 4 members (excludes halogenated alkanes) is 9. The lowest BCUT2D eigenvalue weighted by Gasteiger charge is -2.22. The number of nitrogens with one attached hydrogen (secondary N) is 1. The van der Waals surface area contributed by atoms with E-state index in [-0.39, 0.29) is 12.5 Å². The molecule has 44 heavy (non-hydrogen) atoms. The van der Waals surface area contributed by atoms with Gasteiger partial charge >= 0.3 is 0 Å². The van der Waals surface area contributed by atoms with Gasteiger partial charge in [-0.2, -0.15) is 0 Å². The fraction of sp³-hybridized carbons (Fsp3) is 0.625. The summed E-state index contributed by atoms with van der Waals surface area (Å²) in [6, 6.07) is -0.556. The SMILES string of the molecule is CC/C=C\C/C=C\C/C=C\C/C=C\C/C=C\C/C=C\C/C=C\CCCCCC(=O)NC(CO)C(O)CCCCCCCCC. The minimum atomic E-state index is -0.675. The Labute approximate surface area is 271 Å². The monoisotopic (exact) mass is 610 g/mol. The van der Waals surface area contributed by atoms with Crippen LogP contribution in [0.5, 0.6) is 0 Å². The number of carbonyl (C=O) groups excluding carboxylic acids is 1. The highest BCUT2D eigenvalue weighted by Crippen LogP contribution is 2.12. The molecule has 3 N–H and O–H groups in total. The first-order chi connectivity index (χ1) is 21.7. The first kappa shape index (κ1) is 41.6. The van der Waals surface area contributed by atoms with Crippen molar-refractivity contribution in [2.75, 3.05) is 6.61 Å². The molecule has 0 spiro atoms. The molecule has 0 radical (unpaired) electrons. The fourth-order valence-corrected chi connectivity index (χ4v) is 4.69. The van der Waals surface area contributed by atoms with Crippen molar-refractivity contribution in [1.29, 1.82) is 0 Å². The van der Waals surface area contributed by atoms with Crippen molar-refractivity contribution in [3.05, 3.63) is 85.1 Å². The average Bonchev–Trinajstić information content (AvgIpc) is 3.03. The van der Waals surface area contributed by atoms with Gasteiger partial charge in [-0.05, 0) is 70.6 Å². The summed E-state index contributed by atoms with van der Waals surface area (Å²) in [5.41, 5.74) is 0. The van der Waals surface area contributed by atoms with E-state index in [1.807, 2.05) is 0 Å². The van der Waals surface area contributed by atoms with Crippen LogP contribution in [0.25, 0.3) is 0 Å². The molecule has 2 atom stereocenters. The van der Waals surface area contributed by atoms with Gasteiger partial charge in [-0.3, -0.25) is 4.79 Å². The van der Waals surface area contributed by atoms with Crippen LogP contribution in [0.1, 0.15) is 142 Å². The van der Waals surface area contributed by atoms with Crippen molar-refractivity contribution in [3.8, 4) is 0 Å². The molecular weight excluding hydrogens is 542 g/mol. The second kappa shape index (κ2) is 35.1. The molecule has 0 saturated carbocycles. The number of carbonyl (C=O) groups is 1. The van der Waals surface area contributed by atoms with Crippen molar-refractivity contribution < 1.29 is 15.0 Å². The first-order valence-corrected chi connectivity index (χ1v) is 17.8. The molecular formula is C40H67NO3. The Morgan fingerprint density at radius 1 is 0.568 bits per heavy atom. The highest BCUT2D eigenvalue weighted by molar-refractivity contribution is 5.76. The number of allylic oxidation sites excluding steroid dienone is 14. The lowest BCUT2D eigenvalue weighted by Crippen LogP contribution is -2.45. The largest absolute Gasteiger partial charge is 0.394 e. The predicted molar refractivity (Wildman–Crippen MR) is 193 cm³/mol. The Bertz CT molecular complexity index is 834. The average molecular weight is 610 g/mol. The van der Waals surface area contributed by atoms with Gasteiger partial charge in [0, 0.05) is 6.42 Å². The Hall–Kier alpha value is -2.43. The van der Waals surface area contributed by atoms with Crippen LogP contribution in [0, 0.1) is 0 Å². The van der Waals surface area contributed by atoms with E-state index in [2.05, 4.69) is 104 Å². The molecule has 4 heteroatoms. The van der Waals surface area contributed by atoms with E-state index < -0.39 is 12.1 Å². The van der Waals surface area contributed by atoms with Crippen LogP contribution in [-0.4, -0.2) is 34.9 Å². The summed E-state index contributed by atoms with van der Waals surface area (Å²) in [7, 11) is 0. The minimum Gasteiger partial charge on any atom is -0.394 e. The van der Waals surface area contributed by atoms with Gasteiger partial charge in [-0.25, -0.2) is 0 Å². The molecule has 0 heterocycles. The molecule has 1 amide bonds. The highest BCUT2D eigenvalue weighted by atomic mass is 16.3. The molecule has 0 saturated heterocycles. The van der Waals surface area contributed by atoms with Crippen LogP contribution < -0.4 is 5.32 Å². The summed E-state index contributed by atoms with van der Waals surface area (Å²) in [5.74, 6) is -0.0733. The first-order valence-electron chi connectivity index (χ1n) is 17.8. The van der Waals surface area contributed by atoms with E-state index in [4.69, 9.17) is 0 Å². The van der Waals surface area contributed by atoms with Crippen molar-refractivity contribution >= 4 is 5.91 Å². The molecule has 0 rings (SSSR count). The van der Waals surface area contributed by atoms with E-state index in [9.17, 15) is 15.0 Å².